The SMILES string of the molecule is COc1ccc(C(C)N2CCN(C(=O)C(=O)O)CC2)cc1. The van der Waals surface area contributed by atoms with Crippen LogP contribution in [0.15, 0.2) is 24.3 Å². The Morgan fingerprint density at radius 3 is 2.19 bits per heavy atom. The van der Waals surface area contributed by atoms with Crippen molar-refractivity contribution in [3.63, 3.8) is 0 Å². The number of ether oxygens (including phenoxy) is 1. The molecule has 114 valence electrons. The van der Waals surface area contributed by atoms with E-state index < -0.39 is 11.9 Å². The molecule has 2 rings (SSSR count). The molecular weight excluding hydrogens is 272 g/mol. The first-order valence-electron chi connectivity index (χ1n) is 6.93. The topological polar surface area (TPSA) is 70.1 Å². The molecule has 0 spiro atoms. The molecule has 0 radical (unpaired) electrons. The highest BCUT2D eigenvalue weighted by Crippen LogP contribution is 2.23. The maximum atomic E-state index is 11.4. The van der Waals surface area contributed by atoms with Crippen LogP contribution in [0.5, 0.6) is 5.75 Å². The number of hydrogen-bond donors (Lipinski definition) is 1. The number of carboxylic acids is 1. The number of rotatable bonds is 3. The van der Waals surface area contributed by atoms with Crippen molar-refractivity contribution in [2.45, 2.75) is 13.0 Å². The average molecular weight is 292 g/mol. The number of nitrogens with zero attached hydrogens (tertiary/aromatic N) is 2. The van der Waals surface area contributed by atoms with Crippen molar-refractivity contribution in [3.8, 4) is 5.75 Å². The van der Waals surface area contributed by atoms with Crippen molar-refractivity contribution in [2.75, 3.05) is 33.3 Å². The third-order valence-corrected chi connectivity index (χ3v) is 3.93. The minimum absolute atomic E-state index is 0.220. The van der Waals surface area contributed by atoms with Crippen molar-refractivity contribution in [3.05, 3.63) is 29.8 Å². The number of aliphatic carboxylic acids is 1. The Kier molecular flexibility index (Phi) is 4.80. The Hall–Kier alpha value is -2.08. The van der Waals surface area contributed by atoms with Gasteiger partial charge in [-0.1, -0.05) is 12.1 Å². The molecule has 21 heavy (non-hydrogen) atoms. The van der Waals surface area contributed by atoms with Gasteiger partial charge in [-0.25, -0.2) is 4.79 Å². The Morgan fingerprint density at radius 1 is 1.14 bits per heavy atom. The highest BCUT2D eigenvalue weighted by molar-refractivity contribution is 6.31. The maximum Gasteiger partial charge on any atom is 0.394 e. The smallest absolute Gasteiger partial charge is 0.394 e. The van der Waals surface area contributed by atoms with Crippen molar-refractivity contribution >= 4 is 11.9 Å². The van der Waals surface area contributed by atoms with Gasteiger partial charge in [-0.2, -0.15) is 0 Å². The van der Waals surface area contributed by atoms with E-state index in [4.69, 9.17) is 9.84 Å². The van der Waals surface area contributed by atoms with Crippen molar-refractivity contribution in [1.29, 1.82) is 0 Å². The number of carbonyl (C=O) groups excluding carboxylic acids is 1. The highest BCUT2D eigenvalue weighted by Gasteiger charge is 2.27. The lowest BCUT2D eigenvalue weighted by molar-refractivity contribution is -0.157. The molecule has 0 aliphatic carbocycles. The van der Waals surface area contributed by atoms with E-state index in [1.54, 1.807) is 7.11 Å². The third-order valence-electron chi connectivity index (χ3n) is 3.93. The standard InChI is InChI=1S/C15H20N2O4/c1-11(12-3-5-13(21-2)6-4-12)16-7-9-17(10-8-16)14(18)15(19)20/h3-6,11H,7-10H2,1-2H3,(H,19,20). The van der Waals surface area contributed by atoms with Crippen LogP contribution in [0, 0.1) is 0 Å². The molecule has 1 aliphatic heterocycles. The summed E-state index contributed by atoms with van der Waals surface area (Å²) in [5.74, 6) is -1.37. The first-order valence-corrected chi connectivity index (χ1v) is 6.93. The molecule has 1 unspecified atom stereocenters. The lowest BCUT2D eigenvalue weighted by Gasteiger charge is -2.37. The Balaban J connectivity index is 1.94. The van der Waals surface area contributed by atoms with Gasteiger partial charge in [0.25, 0.3) is 0 Å². The van der Waals surface area contributed by atoms with Gasteiger partial charge in [-0.3, -0.25) is 9.69 Å². The second-order valence-electron chi connectivity index (χ2n) is 5.08. The fourth-order valence-electron chi connectivity index (χ4n) is 2.54. The van der Waals surface area contributed by atoms with E-state index in [9.17, 15) is 9.59 Å². The number of hydrogen-bond acceptors (Lipinski definition) is 4. The quantitative estimate of drug-likeness (QED) is 0.841. The zero-order valence-corrected chi connectivity index (χ0v) is 12.3. The van der Waals surface area contributed by atoms with Crippen LogP contribution in [0.3, 0.4) is 0 Å². The molecule has 1 aliphatic rings. The number of piperazine rings is 1. The largest absolute Gasteiger partial charge is 0.497 e. The summed E-state index contributed by atoms with van der Waals surface area (Å²) in [6.07, 6.45) is 0. The van der Waals surface area contributed by atoms with Gasteiger partial charge in [-0.15, -0.1) is 0 Å². The van der Waals surface area contributed by atoms with Crippen LogP contribution >= 0.6 is 0 Å². The van der Waals surface area contributed by atoms with E-state index >= 15 is 0 Å². The Morgan fingerprint density at radius 2 is 1.71 bits per heavy atom. The van der Waals surface area contributed by atoms with Crippen molar-refractivity contribution in [1.82, 2.24) is 9.80 Å². The van der Waals surface area contributed by atoms with Gasteiger partial charge in [0.1, 0.15) is 5.75 Å². The summed E-state index contributed by atoms with van der Waals surface area (Å²) in [4.78, 5) is 25.7. The molecule has 0 saturated carbocycles. The van der Waals surface area contributed by atoms with Gasteiger partial charge in [-0.05, 0) is 24.6 Å². The minimum atomic E-state index is -1.38. The molecule has 1 aromatic carbocycles. The fourth-order valence-corrected chi connectivity index (χ4v) is 2.54. The average Bonchev–Trinajstić information content (AvgIpc) is 2.53. The molecule has 6 nitrogen and oxygen atoms in total. The summed E-state index contributed by atoms with van der Waals surface area (Å²) in [5.41, 5.74) is 1.17. The number of methoxy groups -OCH3 is 1. The van der Waals surface area contributed by atoms with Gasteiger partial charge in [0.05, 0.1) is 7.11 Å². The van der Waals surface area contributed by atoms with Crippen LogP contribution in [0.1, 0.15) is 18.5 Å². The van der Waals surface area contributed by atoms with E-state index in [-0.39, 0.29) is 6.04 Å². The van der Waals surface area contributed by atoms with Crippen LogP contribution in [0.2, 0.25) is 0 Å². The van der Waals surface area contributed by atoms with Crippen LogP contribution in [0.4, 0.5) is 0 Å². The molecule has 1 saturated heterocycles. The highest BCUT2D eigenvalue weighted by atomic mass is 16.5. The predicted octanol–water partition coefficient (Wildman–Crippen LogP) is 0.985. The van der Waals surface area contributed by atoms with Crippen LogP contribution in [0.25, 0.3) is 0 Å². The Bertz CT molecular complexity index is 507. The summed E-state index contributed by atoms with van der Waals surface area (Å²) in [5, 5.41) is 8.72. The summed E-state index contributed by atoms with van der Waals surface area (Å²) < 4.78 is 5.14. The van der Waals surface area contributed by atoms with E-state index in [0.717, 1.165) is 5.75 Å². The second-order valence-corrected chi connectivity index (χ2v) is 5.08. The second kappa shape index (κ2) is 6.58. The van der Waals surface area contributed by atoms with E-state index in [1.165, 1.54) is 10.5 Å². The lowest BCUT2D eigenvalue weighted by atomic mass is 10.1. The monoisotopic (exact) mass is 292 g/mol. The summed E-state index contributed by atoms with van der Waals surface area (Å²) in [7, 11) is 1.64. The van der Waals surface area contributed by atoms with E-state index in [1.807, 2.05) is 24.3 Å². The van der Waals surface area contributed by atoms with E-state index in [0.29, 0.717) is 26.2 Å². The Labute approximate surface area is 123 Å². The molecule has 1 heterocycles. The lowest BCUT2D eigenvalue weighted by Crippen LogP contribution is -2.51. The van der Waals surface area contributed by atoms with Crippen molar-refractivity contribution in [2.24, 2.45) is 0 Å². The summed E-state index contributed by atoms with van der Waals surface area (Å²) >= 11 is 0. The molecule has 1 N–H and O–H groups in total. The molecule has 1 fully saturated rings. The zero-order valence-electron chi connectivity index (χ0n) is 12.3. The molecule has 1 aromatic rings. The van der Waals surface area contributed by atoms with Crippen LogP contribution in [-0.4, -0.2) is 60.1 Å². The first-order chi connectivity index (χ1) is 10.0. The van der Waals surface area contributed by atoms with Crippen LogP contribution in [-0.2, 0) is 9.59 Å². The molecule has 1 atom stereocenters. The van der Waals surface area contributed by atoms with Crippen LogP contribution < -0.4 is 4.74 Å². The third kappa shape index (κ3) is 3.52. The maximum absolute atomic E-state index is 11.4. The molecule has 6 heteroatoms. The molecule has 0 aromatic heterocycles. The minimum Gasteiger partial charge on any atom is -0.497 e. The molecule has 1 amide bonds. The van der Waals surface area contributed by atoms with Gasteiger partial charge in [0.15, 0.2) is 0 Å². The van der Waals surface area contributed by atoms with Gasteiger partial charge in [0, 0.05) is 32.2 Å². The van der Waals surface area contributed by atoms with Gasteiger partial charge < -0.3 is 14.7 Å². The van der Waals surface area contributed by atoms with Crippen molar-refractivity contribution < 1.29 is 19.4 Å². The summed E-state index contributed by atoms with van der Waals surface area (Å²) in [6.45, 7) is 4.35. The number of carboxylic acid groups (broad SMARTS) is 1. The number of benzene rings is 1. The van der Waals surface area contributed by atoms with Gasteiger partial charge in [0.2, 0.25) is 0 Å². The summed E-state index contributed by atoms with van der Waals surface area (Å²) in [6, 6.07) is 8.13. The number of amides is 1. The molecular formula is C15H20N2O4. The normalized spacial score (nSPS) is 17.3. The fraction of sp³-hybridized carbons (Fsp3) is 0.467. The first kappa shape index (κ1) is 15.3. The predicted molar refractivity (Wildman–Crippen MR) is 77.2 cm³/mol. The molecule has 0 bridgehead atoms. The zero-order chi connectivity index (χ0) is 15.4. The van der Waals surface area contributed by atoms with E-state index in [2.05, 4.69) is 11.8 Å². The number of carbonyl (C=O) groups is 2. The van der Waals surface area contributed by atoms with Gasteiger partial charge >= 0.3 is 11.9 Å².